The minimum Gasteiger partial charge on any atom is -0.373 e. The SMILES string of the molecule is C[C@@H]1CN(S(=O)(=O)c2ccc(C(=O)N3CCN(C/C=C/c4ccccc4)CC3)cc2)C[C@@H](C)O1. The second kappa shape index (κ2) is 10.8. The number of sulfonamides is 1. The molecular formula is C26H33N3O4S. The average molecular weight is 484 g/mol. The predicted octanol–water partition coefficient (Wildman–Crippen LogP) is 2.96. The second-order valence-electron chi connectivity index (χ2n) is 9.01. The smallest absolute Gasteiger partial charge is 0.253 e. The molecule has 2 fully saturated rings. The van der Waals surface area contributed by atoms with E-state index >= 15 is 0 Å². The van der Waals surface area contributed by atoms with Crippen molar-refractivity contribution in [2.45, 2.75) is 31.0 Å². The van der Waals surface area contributed by atoms with Crippen molar-refractivity contribution in [1.29, 1.82) is 0 Å². The first kappa shape index (κ1) is 24.6. The Morgan fingerprint density at radius 3 is 2.18 bits per heavy atom. The highest BCUT2D eigenvalue weighted by atomic mass is 32.2. The quantitative estimate of drug-likeness (QED) is 0.632. The maximum absolute atomic E-state index is 13.0. The van der Waals surface area contributed by atoms with E-state index in [-0.39, 0.29) is 23.0 Å². The summed E-state index contributed by atoms with van der Waals surface area (Å²) in [6.07, 6.45) is 3.98. The highest BCUT2D eigenvalue weighted by Crippen LogP contribution is 2.22. The van der Waals surface area contributed by atoms with Crippen LogP contribution in [0.4, 0.5) is 0 Å². The van der Waals surface area contributed by atoms with Crippen LogP contribution in [0.15, 0.2) is 65.6 Å². The molecule has 0 spiro atoms. The zero-order valence-corrected chi connectivity index (χ0v) is 20.7. The highest BCUT2D eigenvalue weighted by molar-refractivity contribution is 7.89. The molecule has 34 heavy (non-hydrogen) atoms. The number of nitrogens with zero attached hydrogens (tertiary/aromatic N) is 3. The normalized spacial score (nSPS) is 22.8. The molecule has 0 aliphatic carbocycles. The third kappa shape index (κ3) is 5.93. The monoisotopic (exact) mass is 483 g/mol. The van der Waals surface area contributed by atoms with Crippen LogP contribution in [0.25, 0.3) is 6.08 Å². The summed E-state index contributed by atoms with van der Waals surface area (Å²) in [5, 5.41) is 0. The second-order valence-corrected chi connectivity index (χ2v) is 10.9. The van der Waals surface area contributed by atoms with Gasteiger partial charge in [0.25, 0.3) is 5.91 Å². The van der Waals surface area contributed by atoms with Gasteiger partial charge in [-0.25, -0.2) is 8.42 Å². The fourth-order valence-electron chi connectivity index (χ4n) is 4.46. The minimum atomic E-state index is -3.62. The van der Waals surface area contributed by atoms with Gasteiger partial charge in [0.1, 0.15) is 0 Å². The van der Waals surface area contributed by atoms with Gasteiger partial charge in [0.05, 0.1) is 17.1 Å². The first-order valence-electron chi connectivity index (χ1n) is 11.8. The summed E-state index contributed by atoms with van der Waals surface area (Å²) in [5.41, 5.74) is 1.69. The number of ether oxygens (including phenoxy) is 1. The van der Waals surface area contributed by atoms with Crippen LogP contribution in [0, 0.1) is 0 Å². The van der Waals surface area contributed by atoms with Crippen LogP contribution in [-0.2, 0) is 14.8 Å². The molecule has 2 saturated heterocycles. The molecule has 2 atom stereocenters. The van der Waals surface area contributed by atoms with Gasteiger partial charge in [0.2, 0.25) is 10.0 Å². The molecule has 7 nitrogen and oxygen atoms in total. The van der Waals surface area contributed by atoms with E-state index in [9.17, 15) is 13.2 Å². The van der Waals surface area contributed by atoms with Gasteiger partial charge >= 0.3 is 0 Å². The van der Waals surface area contributed by atoms with Gasteiger partial charge in [0.15, 0.2) is 0 Å². The van der Waals surface area contributed by atoms with Crippen molar-refractivity contribution in [3.05, 3.63) is 71.8 Å². The lowest BCUT2D eigenvalue weighted by atomic mass is 10.2. The minimum absolute atomic E-state index is 0.0583. The molecular weight excluding hydrogens is 450 g/mol. The number of piperazine rings is 1. The van der Waals surface area contributed by atoms with Gasteiger partial charge in [-0.2, -0.15) is 4.31 Å². The molecule has 0 bridgehead atoms. The Labute approximate surface area is 202 Å². The molecule has 0 radical (unpaired) electrons. The van der Waals surface area contributed by atoms with E-state index in [1.807, 2.05) is 36.9 Å². The van der Waals surface area contributed by atoms with Gasteiger partial charge in [-0.3, -0.25) is 9.69 Å². The topological polar surface area (TPSA) is 70.2 Å². The van der Waals surface area contributed by atoms with Gasteiger partial charge in [0, 0.05) is 51.4 Å². The van der Waals surface area contributed by atoms with Crippen molar-refractivity contribution < 1.29 is 17.9 Å². The summed E-state index contributed by atoms with van der Waals surface area (Å²) in [6, 6.07) is 16.5. The average Bonchev–Trinajstić information content (AvgIpc) is 2.84. The fourth-order valence-corrected chi connectivity index (χ4v) is 6.05. The van der Waals surface area contributed by atoms with E-state index in [2.05, 4.69) is 29.2 Å². The number of hydrogen-bond donors (Lipinski definition) is 0. The zero-order chi connectivity index (χ0) is 24.1. The maximum Gasteiger partial charge on any atom is 0.253 e. The van der Waals surface area contributed by atoms with Gasteiger partial charge in [-0.05, 0) is 43.7 Å². The number of carbonyl (C=O) groups excluding carboxylic acids is 1. The van der Waals surface area contributed by atoms with Crippen LogP contribution in [0.2, 0.25) is 0 Å². The van der Waals surface area contributed by atoms with Crippen molar-refractivity contribution >= 4 is 22.0 Å². The van der Waals surface area contributed by atoms with E-state index < -0.39 is 10.0 Å². The third-order valence-corrected chi connectivity index (χ3v) is 8.10. The fraction of sp³-hybridized carbons (Fsp3) is 0.423. The summed E-state index contributed by atoms with van der Waals surface area (Å²) in [7, 11) is -3.62. The summed E-state index contributed by atoms with van der Waals surface area (Å²) < 4.78 is 33.2. The van der Waals surface area contributed by atoms with Crippen molar-refractivity contribution in [2.75, 3.05) is 45.8 Å². The lowest BCUT2D eigenvalue weighted by molar-refractivity contribution is -0.0440. The van der Waals surface area contributed by atoms with Crippen LogP contribution in [-0.4, -0.2) is 86.5 Å². The summed E-state index contributed by atoms with van der Waals surface area (Å²) in [6.45, 7) is 8.19. The van der Waals surface area contributed by atoms with E-state index in [1.165, 1.54) is 22.0 Å². The molecule has 0 N–H and O–H groups in total. The van der Waals surface area contributed by atoms with Gasteiger partial charge in [-0.1, -0.05) is 42.5 Å². The van der Waals surface area contributed by atoms with Crippen LogP contribution >= 0.6 is 0 Å². The molecule has 2 aliphatic rings. The third-order valence-electron chi connectivity index (χ3n) is 6.26. The van der Waals surface area contributed by atoms with E-state index in [4.69, 9.17) is 4.74 Å². The first-order chi connectivity index (χ1) is 16.3. The van der Waals surface area contributed by atoms with Crippen molar-refractivity contribution in [2.24, 2.45) is 0 Å². The number of benzene rings is 2. The van der Waals surface area contributed by atoms with Crippen molar-refractivity contribution in [1.82, 2.24) is 14.1 Å². The summed E-state index contributed by atoms with van der Waals surface area (Å²) in [4.78, 5) is 17.3. The molecule has 2 aromatic carbocycles. The molecule has 0 saturated carbocycles. The van der Waals surface area contributed by atoms with E-state index in [0.717, 1.165) is 19.6 Å². The molecule has 2 aromatic rings. The number of hydrogen-bond acceptors (Lipinski definition) is 5. The number of rotatable bonds is 6. The Balaban J connectivity index is 1.31. The Kier molecular flexibility index (Phi) is 7.83. The summed E-state index contributed by atoms with van der Waals surface area (Å²) >= 11 is 0. The molecule has 4 rings (SSSR count). The first-order valence-corrected chi connectivity index (χ1v) is 13.3. The maximum atomic E-state index is 13.0. The van der Waals surface area contributed by atoms with Crippen LogP contribution < -0.4 is 0 Å². The Morgan fingerprint density at radius 2 is 1.56 bits per heavy atom. The van der Waals surface area contributed by atoms with E-state index in [1.54, 1.807) is 12.1 Å². The predicted molar refractivity (Wildman–Crippen MR) is 133 cm³/mol. The molecule has 8 heteroatoms. The molecule has 2 aliphatic heterocycles. The Bertz CT molecular complexity index is 1080. The lowest BCUT2D eigenvalue weighted by Crippen LogP contribution is -2.48. The number of carbonyl (C=O) groups is 1. The molecule has 0 aromatic heterocycles. The number of morpholine rings is 1. The van der Waals surface area contributed by atoms with Gasteiger partial charge < -0.3 is 9.64 Å². The largest absolute Gasteiger partial charge is 0.373 e. The van der Waals surface area contributed by atoms with E-state index in [0.29, 0.717) is 31.7 Å². The molecule has 2 heterocycles. The zero-order valence-electron chi connectivity index (χ0n) is 19.8. The Morgan fingerprint density at radius 1 is 0.941 bits per heavy atom. The van der Waals surface area contributed by atoms with Crippen molar-refractivity contribution in [3.8, 4) is 0 Å². The van der Waals surface area contributed by atoms with Crippen LogP contribution in [0.1, 0.15) is 29.8 Å². The Hall–Kier alpha value is -2.52. The summed E-state index contributed by atoms with van der Waals surface area (Å²) in [5.74, 6) is -0.0583. The van der Waals surface area contributed by atoms with Crippen molar-refractivity contribution in [3.63, 3.8) is 0 Å². The van der Waals surface area contributed by atoms with Crippen LogP contribution in [0.3, 0.4) is 0 Å². The highest BCUT2D eigenvalue weighted by Gasteiger charge is 2.32. The molecule has 0 unspecified atom stereocenters. The standard InChI is InChI=1S/C26H33N3O4S/c1-21-19-29(20-22(2)33-21)34(31,32)25-12-10-24(11-13-25)26(30)28-17-15-27(16-18-28)14-6-9-23-7-4-3-5-8-23/h3-13,21-22H,14-20H2,1-2H3/b9-6+/t21-,22-/m1/s1. The molecule has 1 amide bonds. The van der Waals surface area contributed by atoms with Crippen LogP contribution in [0.5, 0.6) is 0 Å². The molecule has 182 valence electrons. The lowest BCUT2D eigenvalue weighted by Gasteiger charge is -2.34. The van der Waals surface area contributed by atoms with Gasteiger partial charge in [-0.15, -0.1) is 0 Å². The number of amides is 1.